The number of hydrogen-bond donors (Lipinski definition) is 7. The summed E-state index contributed by atoms with van der Waals surface area (Å²) in [6.45, 7) is 13.3. The summed E-state index contributed by atoms with van der Waals surface area (Å²) in [5, 5.41) is 45.3. The van der Waals surface area contributed by atoms with E-state index in [1.807, 2.05) is 69.3 Å². The summed E-state index contributed by atoms with van der Waals surface area (Å²) in [6, 6.07) is 20.4. The summed E-state index contributed by atoms with van der Waals surface area (Å²) in [5.74, 6) is 0.0622. The number of aryl methyl sites for hydroxylation is 3. The Balaban J connectivity index is 0.000000185. The molecule has 66 heavy (non-hydrogen) atoms. The van der Waals surface area contributed by atoms with Gasteiger partial charge < -0.3 is 36.8 Å². The van der Waals surface area contributed by atoms with Gasteiger partial charge in [0.25, 0.3) is 11.8 Å². The number of amides is 2. The number of aromatic nitrogens is 6. The molecule has 3 aromatic carbocycles. The number of hydrogen-bond acceptors (Lipinski definition) is 11. The van der Waals surface area contributed by atoms with Crippen molar-refractivity contribution in [3.8, 4) is 22.5 Å². The number of imidazole rings is 2. The highest BCUT2D eigenvalue weighted by atomic mass is 79.9. The first-order valence-corrected chi connectivity index (χ1v) is 22.8. The van der Waals surface area contributed by atoms with E-state index in [9.17, 15) is 24.2 Å². The summed E-state index contributed by atoms with van der Waals surface area (Å²) in [5.41, 5.74) is 8.68. The second kappa shape index (κ2) is 18.5. The summed E-state index contributed by atoms with van der Waals surface area (Å²) in [4.78, 5) is 34.1. The molecule has 0 bridgehead atoms. The van der Waals surface area contributed by atoms with Crippen LogP contribution in [0.2, 0.25) is 0 Å². The molecule has 0 radical (unpaired) electrons. The highest BCUT2D eigenvalue weighted by Gasteiger charge is 2.26. The average Bonchev–Trinajstić information content (AvgIpc) is 4.15. The number of nitrogens with zero attached hydrogens (tertiary/aromatic N) is 6. The summed E-state index contributed by atoms with van der Waals surface area (Å²) < 4.78 is 18.1. The van der Waals surface area contributed by atoms with Gasteiger partial charge in [0.15, 0.2) is 17.1 Å². The van der Waals surface area contributed by atoms with Crippen LogP contribution in [-0.4, -0.2) is 87.6 Å². The fourth-order valence-corrected chi connectivity index (χ4v) is 7.73. The first-order chi connectivity index (χ1) is 31.3. The topological polar surface area (TPSA) is 195 Å². The lowest BCUT2D eigenvalue weighted by atomic mass is 10.0. The van der Waals surface area contributed by atoms with Gasteiger partial charge in [-0.25, -0.2) is 23.4 Å². The summed E-state index contributed by atoms with van der Waals surface area (Å²) in [7, 11) is 0. The first kappa shape index (κ1) is 46.1. The highest BCUT2D eigenvalue weighted by Crippen LogP contribution is 2.31. The van der Waals surface area contributed by atoms with Crippen molar-refractivity contribution in [3.63, 3.8) is 0 Å². The van der Waals surface area contributed by atoms with E-state index >= 15 is 0 Å². The number of carbonyl (C=O) groups is 2. The molecule has 2 saturated carbocycles. The Morgan fingerprint density at radius 1 is 0.697 bits per heavy atom. The predicted octanol–water partition coefficient (Wildman–Crippen LogP) is 8.51. The summed E-state index contributed by atoms with van der Waals surface area (Å²) in [6.07, 6.45) is 7.69. The number of anilines is 4. The van der Waals surface area contributed by atoms with Crippen LogP contribution in [0.4, 0.5) is 27.3 Å². The fraction of sp³-hybridized carbons (Fsp3) is 0.347. The van der Waals surface area contributed by atoms with E-state index in [2.05, 4.69) is 57.6 Å². The molecular weight excluding hydrogens is 906 g/mol. The molecular formula is C49H55BrFN11O4. The number of aliphatic hydroxyl groups is 2. The molecule has 4 aromatic heterocycles. The van der Waals surface area contributed by atoms with E-state index in [-0.39, 0.29) is 30.2 Å². The lowest BCUT2D eigenvalue weighted by molar-refractivity contribution is 0.0939. The largest absolute Gasteiger partial charge is 0.389 e. The fourth-order valence-electron chi connectivity index (χ4n) is 7.34. The zero-order valence-electron chi connectivity index (χ0n) is 38.1. The molecule has 2 fully saturated rings. The van der Waals surface area contributed by atoms with E-state index in [0.717, 1.165) is 70.6 Å². The molecule has 4 heterocycles. The van der Waals surface area contributed by atoms with Gasteiger partial charge in [0.05, 0.1) is 46.4 Å². The van der Waals surface area contributed by atoms with Crippen LogP contribution in [0.3, 0.4) is 0 Å². The summed E-state index contributed by atoms with van der Waals surface area (Å²) >= 11 is 3.45. The van der Waals surface area contributed by atoms with Crippen LogP contribution < -0.4 is 26.6 Å². The van der Waals surface area contributed by atoms with Gasteiger partial charge in [-0.2, -0.15) is 5.10 Å². The second-order valence-corrected chi connectivity index (χ2v) is 19.4. The van der Waals surface area contributed by atoms with Gasteiger partial charge in [-0.3, -0.25) is 9.59 Å². The Morgan fingerprint density at radius 2 is 1.18 bits per heavy atom. The third-order valence-corrected chi connectivity index (χ3v) is 11.4. The molecule has 0 aliphatic heterocycles. The van der Waals surface area contributed by atoms with Crippen LogP contribution in [0.1, 0.15) is 90.8 Å². The maximum atomic E-state index is 14.0. The smallest absolute Gasteiger partial charge is 0.251 e. The van der Waals surface area contributed by atoms with Crippen molar-refractivity contribution >= 4 is 61.9 Å². The van der Waals surface area contributed by atoms with Gasteiger partial charge in [-0.15, -0.1) is 5.10 Å². The number of halogens is 2. The van der Waals surface area contributed by atoms with Gasteiger partial charge >= 0.3 is 0 Å². The lowest BCUT2D eigenvalue weighted by Gasteiger charge is -2.19. The predicted molar refractivity (Wildman–Crippen MR) is 259 cm³/mol. The minimum Gasteiger partial charge on any atom is -0.389 e. The van der Waals surface area contributed by atoms with Crippen LogP contribution in [0.15, 0.2) is 83.7 Å². The number of fused-ring (bicyclic) bond motifs is 2. The Bertz CT molecular complexity index is 2940. The normalized spacial score (nSPS) is 13.9. The Morgan fingerprint density at radius 3 is 1.64 bits per heavy atom. The van der Waals surface area contributed by atoms with E-state index in [4.69, 9.17) is 5.10 Å². The van der Waals surface area contributed by atoms with E-state index in [1.165, 1.54) is 12.1 Å². The van der Waals surface area contributed by atoms with Crippen LogP contribution in [0.25, 0.3) is 33.8 Å². The Hall–Kier alpha value is -6.43. The van der Waals surface area contributed by atoms with Crippen molar-refractivity contribution in [2.45, 2.75) is 97.4 Å². The van der Waals surface area contributed by atoms with Crippen molar-refractivity contribution in [2.24, 2.45) is 0 Å². The first-order valence-electron chi connectivity index (χ1n) is 22.0. The van der Waals surface area contributed by atoms with Crippen molar-refractivity contribution in [2.75, 3.05) is 29.0 Å². The zero-order valence-corrected chi connectivity index (χ0v) is 39.6. The van der Waals surface area contributed by atoms with Crippen LogP contribution in [0, 0.1) is 26.6 Å². The SMILES string of the molecule is Cc1cc(-c2cnc3c(NCC(C)(C)O)cc(Br)nn23)ccc1C(=O)NC1CC1.Cc1cc(F)cc(Nc2cc(NCC(C)(C)O)c3ncc(-c4ccc(C(=O)NC5CC5)c(C)c4)n3n2)c1. The van der Waals surface area contributed by atoms with Gasteiger partial charge in [0.2, 0.25) is 0 Å². The molecule has 0 unspecified atom stereocenters. The van der Waals surface area contributed by atoms with Gasteiger partial charge in [0.1, 0.15) is 10.4 Å². The monoisotopic (exact) mass is 959 g/mol. The minimum atomic E-state index is -0.947. The van der Waals surface area contributed by atoms with Gasteiger partial charge in [0, 0.05) is 59.2 Å². The number of nitrogens with one attached hydrogen (secondary N) is 5. The molecule has 17 heteroatoms. The molecule has 15 nitrogen and oxygen atoms in total. The average molecular weight is 961 g/mol. The lowest BCUT2D eigenvalue weighted by Crippen LogP contribution is -2.29. The Kier molecular flexibility index (Phi) is 12.9. The van der Waals surface area contributed by atoms with Crippen molar-refractivity contribution < 1.29 is 24.2 Å². The van der Waals surface area contributed by atoms with E-state index in [1.54, 1.807) is 55.2 Å². The Labute approximate surface area is 390 Å². The van der Waals surface area contributed by atoms with Gasteiger partial charge in [-0.1, -0.05) is 12.1 Å². The van der Waals surface area contributed by atoms with Gasteiger partial charge in [-0.05, 0) is 155 Å². The molecule has 2 aliphatic rings. The van der Waals surface area contributed by atoms with E-state index in [0.29, 0.717) is 56.8 Å². The zero-order chi connectivity index (χ0) is 47.1. The molecule has 0 spiro atoms. The third-order valence-electron chi connectivity index (χ3n) is 11.0. The highest BCUT2D eigenvalue weighted by molar-refractivity contribution is 9.10. The van der Waals surface area contributed by atoms with Crippen molar-refractivity contribution in [1.82, 2.24) is 39.8 Å². The maximum absolute atomic E-state index is 14.0. The standard InChI is InChI=1S/C28H31FN6O2.C21H24BrN5O2/c1-16-9-19(29)12-21(10-16)32-25-13-23(31-15-28(3,4)37)26-30-14-24(35(26)34-25)18-5-8-22(17(2)11-18)27(36)33-20-6-7-20;1-12-8-13(4-7-15(12)20(28)25-14-5-6-14)17-10-23-19-16(24-11-21(2,3)29)9-18(22)26-27(17)19/h5,8-14,20,31,37H,6-7,15H2,1-4H3,(H,32,34)(H,33,36);4,7-10,14,24,29H,5-6,11H2,1-3H3,(H,25,28). The molecule has 7 aromatic rings. The number of rotatable bonds is 14. The van der Waals surface area contributed by atoms with Crippen LogP contribution >= 0.6 is 15.9 Å². The molecule has 0 atom stereocenters. The van der Waals surface area contributed by atoms with E-state index < -0.39 is 11.2 Å². The second-order valence-electron chi connectivity index (χ2n) is 18.6. The van der Waals surface area contributed by atoms with Crippen molar-refractivity contribution in [3.05, 3.63) is 117 Å². The quantitative estimate of drug-likeness (QED) is 0.0552. The minimum absolute atomic E-state index is 0.0198. The molecule has 9 rings (SSSR count). The molecule has 2 aliphatic carbocycles. The number of benzene rings is 3. The van der Waals surface area contributed by atoms with Crippen LogP contribution in [-0.2, 0) is 0 Å². The third kappa shape index (κ3) is 11.3. The molecule has 344 valence electrons. The number of carbonyl (C=O) groups excluding carboxylic acids is 2. The molecule has 0 saturated heterocycles. The maximum Gasteiger partial charge on any atom is 0.251 e. The van der Waals surface area contributed by atoms with Crippen molar-refractivity contribution in [1.29, 1.82) is 0 Å². The van der Waals surface area contributed by atoms with Crippen LogP contribution in [0.5, 0.6) is 0 Å². The molecule has 7 N–H and O–H groups in total. The molecule has 2 amide bonds.